The average molecular weight is 281 g/mol. The van der Waals surface area contributed by atoms with Crippen molar-refractivity contribution in [2.24, 2.45) is 11.8 Å². The third-order valence-corrected chi connectivity index (χ3v) is 5.40. The van der Waals surface area contributed by atoms with Crippen molar-refractivity contribution in [3.8, 4) is 0 Å². The smallest absolute Gasteiger partial charge is 0.0626 e. The molecule has 2 saturated carbocycles. The van der Waals surface area contributed by atoms with E-state index in [-0.39, 0.29) is 0 Å². The Hall–Kier alpha value is -0.0800. The molecule has 0 radical (unpaired) electrons. The first kappa shape index (κ1) is 16.3. The molecule has 2 aliphatic carbocycles. The molecule has 0 amide bonds. The van der Waals surface area contributed by atoms with Gasteiger partial charge in [0.2, 0.25) is 0 Å². The predicted octanol–water partition coefficient (Wildman–Crippen LogP) is 4.53. The van der Waals surface area contributed by atoms with Crippen molar-refractivity contribution in [1.82, 2.24) is 5.32 Å². The second-order valence-corrected chi connectivity index (χ2v) is 7.09. The third-order valence-electron chi connectivity index (χ3n) is 5.40. The molecule has 0 bridgehead atoms. The summed E-state index contributed by atoms with van der Waals surface area (Å²) in [6.45, 7) is 6.72. The SMILES string of the molecule is CCCNC(COC1CCCCC1C)C1CCCCC1. The highest BCUT2D eigenvalue weighted by Crippen LogP contribution is 2.29. The van der Waals surface area contributed by atoms with Crippen molar-refractivity contribution in [3.63, 3.8) is 0 Å². The van der Waals surface area contributed by atoms with Gasteiger partial charge in [-0.3, -0.25) is 0 Å². The maximum atomic E-state index is 6.35. The highest BCUT2D eigenvalue weighted by atomic mass is 16.5. The van der Waals surface area contributed by atoms with Crippen LogP contribution in [0, 0.1) is 11.8 Å². The minimum absolute atomic E-state index is 0.526. The molecule has 2 rings (SSSR count). The van der Waals surface area contributed by atoms with E-state index in [1.54, 1.807) is 0 Å². The Balaban J connectivity index is 1.79. The van der Waals surface area contributed by atoms with Crippen LogP contribution < -0.4 is 5.32 Å². The lowest BCUT2D eigenvalue weighted by atomic mass is 9.83. The molecular weight excluding hydrogens is 246 g/mol. The van der Waals surface area contributed by atoms with Crippen molar-refractivity contribution in [3.05, 3.63) is 0 Å². The molecule has 2 heteroatoms. The molecule has 0 saturated heterocycles. The average Bonchev–Trinajstić information content (AvgIpc) is 2.50. The summed E-state index contributed by atoms with van der Waals surface area (Å²) in [5, 5.41) is 3.77. The van der Waals surface area contributed by atoms with Crippen LogP contribution in [-0.4, -0.2) is 25.3 Å². The van der Waals surface area contributed by atoms with Crippen molar-refractivity contribution in [2.75, 3.05) is 13.2 Å². The normalized spacial score (nSPS) is 30.3. The van der Waals surface area contributed by atoms with Gasteiger partial charge in [-0.25, -0.2) is 0 Å². The lowest BCUT2D eigenvalue weighted by Crippen LogP contribution is -2.43. The minimum Gasteiger partial charge on any atom is -0.376 e. The van der Waals surface area contributed by atoms with Gasteiger partial charge in [-0.05, 0) is 50.5 Å². The zero-order valence-electron chi connectivity index (χ0n) is 13.7. The topological polar surface area (TPSA) is 21.3 Å². The summed E-state index contributed by atoms with van der Waals surface area (Å²) in [5.41, 5.74) is 0. The van der Waals surface area contributed by atoms with Crippen LogP contribution >= 0.6 is 0 Å². The highest BCUT2D eigenvalue weighted by Gasteiger charge is 2.27. The number of rotatable bonds is 7. The van der Waals surface area contributed by atoms with Crippen LogP contribution in [0.5, 0.6) is 0 Å². The van der Waals surface area contributed by atoms with Gasteiger partial charge < -0.3 is 10.1 Å². The Morgan fingerprint density at radius 1 is 1.00 bits per heavy atom. The molecule has 20 heavy (non-hydrogen) atoms. The summed E-state index contributed by atoms with van der Waals surface area (Å²) < 4.78 is 6.35. The van der Waals surface area contributed by atoms with Gasteiger partial charge in [-0.15, -0.1) is 0 Å². The maximum absolute atomic E-state index is 6.35. The Morgan fingerprint density at radius 2 is 1.70 bits per heavy atom. The van der Waals surface area contributed by atoms with Gasteiger partial charge >= 0.3 is 0 Å². The maximum Gasteiger partial charge on any atom is 0.0626 e. The lowest BCUT2D eigenvalue weighted by molar-refractivity contribution is -0.0240. The van der Waals surface area contributed by atoms with Crippen LogP contribution in [0.2, 0.25) is 0 Å². The summed E-state index contributed by atoms with van der Waals surface area (Å²) in [6, 6.07) is 0.601. The van der Waals surface area contributed by atoms with E-state index in [4.69, 9.17) is 4.74 Å². The molecule has 0 aromatic rings. The first-order valence-corrected chi connectivity index (χ1v) is 9.16. The van der Waals surface area contributed by atoms with Gasteiger partial charge in [0.25, 0.3) is 0 Å². The monoisotopic (exact) mass is 281 g/mol. The largest absolute Gasteiger partial charge is 0.376 e. The van der Waals surface area contributed by atoms with Crippen LogP contribution in [0.15, 0.2) is 0 Å². The second-order valence-electron chi connectivity index (χ2n) is 7.09. The fourth-order valence-electron chi connectivity index (χ4n) is 3.99. The Labute approximate surface area is 126 Å². The molecule has 0 aliphatic heterocycles. The Morgan fingerprint density at radius 3 is 2.40 bits per heavy atom. The summed E-state index contributed by atoms with van der Waals surface area (Å²) >= 11 is 0. The molecule has 1 N–H and O–H groups in total. The van der Waals surface area contributed by atoms with Crippen LogP contribution in [0.25, 0.3) is 0 Å². The van der Waals surface area contributed by atoms with E-state index < -0.39 is 0 Å². The fraction of sp³-hybridized carbons (Fsp3) is 1.00. The van der Waals surface area contributed by atoms with Gasteiger partial charge in [-0.1, -0.05) is 46.0 Å². The molecule has 0 spiro atoms. The van der Waals surface area contributed by atoms with Crippen molar-refractivity contribution < 1.29 is 4.74 Å². The third kappa shape index (κ3) is 5.04. The lowest BCUT2D eigenvalue weighted by Gasteiger charge is -2.34. The summed E-state index contributed by atoms with van der Waals surface area (Å²) in [4.78, 5) is 0. The second kappa shape index (κ2) is 9.04. The molecular formula is C18H35NO. The number of nitrogens with one attached hydrogen (secondary N) is 1. The fourth-order valence-corrected chi connectivity index (χ4v) is 3.99. The van der Waals surface area contributed by atoms with E-state index in [9.17, 15) is 0 Å². The van der Waals surface area contributed by atoms with Gasteiger partial charge in [0.15, 0.2) is 0 Å². The molecule has 118 valence electrons. The van der Waals surface area contributed by atoms with Gasteiger partial charge in [0, 0.05) is 6.04 Å². The highest BCUT2D eigenvalue weighted by molar-refractivity contribution is 4.81. The van der Waals surface area contributed by atoms with E-state index in [1.807, 2.05) is 0 Å². The van der Waals surface area contributed by atoms with Gasteiger partial charge in [0.05, 0.1) is 12.7 Å². The van der Waals surface area contributed by atoms with Crippen LogP contribution in [0.4, 0.5) is 0 Å². The van der Waals surface area contributed by atoms with Crippen molar-refractivity contribution in [2.45, 2.75) is 90.2 Å². The molecule has 0 heterocycles. The standard InChI is InChI=1S/C18H35NO/c1-3-13-19-17(16-10-5-4-6-11-16)14-20-18-12-8-7-9-15(18)2/h15-19H,3-14H2,1-2H3. The Bertz CT molecular complexity index is 250. The quantitative estimate of drug-likeness (QED) is 0.740. The number of hydrogen-bond donors (Lipinski definition) is 1. The molecule has 2 nitrogen and oxygen atoms in total. The first-order chi connectivity index (χ1) is 9.81. The first-order valence-electron chi connectivity index (χ1n) is 9.16. The Kier molecular flexibility index (Phi) is 7.37. The van der Waals surface area contributed by atoms with Crippen molar-refractivity contribution >= 4 is 0 Å². The van der Waals surface area contributed by atoms with Gasteiger partial charge in [-0.2, -0.15) is 0 Å². The van der Waals surface area contributed by atoms with E-state index >= 15 is 0 Å². The van der Waals surface area contributed by atoms with Crippen LogP contribution in [0.1, 0.15) is 78.1 Å². The van der Waals surface area contributed by atoms with Crippen LogP contribution in [-0.2, 0) is 4.74 Å². The molecule has 0 aromatic heterocycles. The molecule has 2 aliphatic rings. The predicted molar refractivity (Wildman–Crippen MR) is 86.0 cm³/mol. The summed E-state index contributed by atoms with van der Waals surface area (Å²) in [7, 11) is 0. The number of hydrogen-bond acceptors (Lipinski definition) is 2. The van der Waals surface area contributed by atoms with E-state index in [2.05, 4.69) is 19.2 Å². The number of ether oxygens (including phenoxy) is 1. The van der Waals surface area contributed by atoms with Crippen LogP contribution in [0.3, 0.4) is 0 Å². The zero-order valence-corrected chi connectivity index (χ0v) is 13.7. The summed E-state index contributed by atoms with van der Waals surface area (Å²) in [5.74, 6) is 1.62. The van der Waals surface area contributed by atoms with Crippen molar-refractivity contribution in [1.29, 1.82) is 0 Å². The molecule has 0 aromatic carbocycles. The molecule has 2 fully saturated rings. The van der Waals surface area contributed by atoms with E-state index in [0.717, 1.165) is 25.0 Å². The zero-order chi connectivity index (χ0) is 14.2. The van der Waals surface area contributed by atoms with E-state index in [0.29, 0.717) is 12.1 Å². The summed E-state index contributed by atoms with van der Waals surface area (Å²) in [6.07, 6.45) is 14.3. The molecule has 3 unspecified atom stereocenters. The van der Waals surface area contributed by atoms with E-state index in [1.165, 1.54) is 64.2 Å². The molecule has 3 atom stereocenters. The minimum atomic E-state index is 0.526. The van der Waals surface area contributed by atoms with Gasteiger partial charge in [0.1, 0.15) is 0 Å².